The van der Waals surface area contributed by atoms with Gasteiger partial charge in [-0.25, -0.2) is 4.98 Å². The second kappa shape index (κ2) is 9.06. The average molecular weight is 471 g/mol. The van der Waals surface area contributed by atoms with Gasteiger partial charge in [0.15, 0.2) is 5.65 Å². The molecule has 0 spiro atoms. The summed E-state index contributed by atoms with van der Waals surface area (Å²) in [6.45, 7) is 0.285. The van der Waals surface area contributed by atoms with Crippen molar-refractivity contribution in [3.05, 3.63) is 69.8 Å². The lowest BCUT2D eigenvalue weighted by Crippen LogP contribution is -2.23. The van der Waals surface area contributed by atoms with Crippen LogP contribution in [0, 0.1) is 0 Å². The van der Waals surface area contributed by atoms with E-state index in [0.717, 1.165) is 5.56 Å². The van der Waals surface area contributed by atoms with Crippen molar-refractivity contribution >= 4 is 40.1 Å². The molecule has 1 amide bonds. The molecule has 0 bridgehead atoms. The van der Waals surface area contributed by atoms with Crippen LogP contribution in [0.1, 0.15) is 15.9 Å². The molecule has 2 aromatic carbocycles. The monoisotopic (exact) mass is 470 g/mol. The fourth-order valence-electron chi connectivity index (χ4n) is 3.38. The number of rotatable bonds is 6. The highest BCUT2D eigenvalue weighted by atomic mass is 35.5. The molecule has 32 heavy (non-hydrogen) atoms. The lowest BCUT2D eigenvalue weighted by Gasteiger charge is -2.11. The number of hydrogen-bond donors (Lipinski definition) is 1. The lowest BCUT2D eigenvalue weighted by molar-refractivity contribution is 0.0952. The number of carbonyl (C=O) groups is 1. The standard InChI is InChI=1S/C23H20Cl2N4O3/c1-29-22-19(12-27-29)18(10-21(28-22)17-5-4-14(24)8-20(17)25)23(30)26-11-13-6-15(31-2)9-16(7-13)32-3/h4-10,12H,11H2,1-3H3,(H,26,30). The lowest BCUT2D eigenvalue weighted by atomic mass is 10.1. The zero-order valence-electron chi connectivity index (χ0n) is 17.6. The highest BCUT2D eigenvalue weighted by molar-refractivity contribution is 6.36. The second-order valence-electron chi connectivity index (χ2n) is 7.09. The van der Waals surface area contributed by atoms with Crippen molar-refractivity contribution in [1.82, 2.24) is 20.1 Å². The number of nitrogens with one attached hydrogen (secondary N) is 1. The number of ether oxygens (including phenoxy) is 2. The zero-order chi connectivity index (χ0) is 22.8. The number of methoxy groups -OCH3 is 2. The van der Waals surface area contributed by atoms with E-state index in [9.17, 15) is 4.79 Å². The van der Waals surface area contributed by atoms with E-state index in [2.05, 4.69) is 15.4 Å². The molecular weight excluding hydrogens is 451 g/mol. The first-order valence-corrected chi connectivity index (χ1v) is 10.4. The summed E-state index contributed by atoms with van der Waals surface area (Å²) in [5, 5.41) is 8.82. The molecule has 2 heterocycles. The van der Waals surface area contributed by atoms with E-state index in [-0.39, 0.29) is 12.5 Å². The smallest absolute Gasteiger partial charge is 0.252 e. The number of carbonyl (C=O) groups excluding carboxylic acids is 1. The number of aromatic nitrogens is 3. The summed E-state index contributed by atoms with van der Waals surface area (Å²) >= 11 is 12.4. The fourth-order valence-corrected chi connectivity index (χ4v) is 3.89. The molecule has 0 aliphatic rings. The Morgan fingerprint density at radius 1 is 1.06 bits per heavy atom. The number of pyridine rings is 1. The first-order valence-electron chi connectivity index (χ1n) is 9.68. The van der Waals surface area contributed by atoms with Gasteiger partial charge in [-0.1, -0.05) is 23.2 Å². The molecule has 7 nitrogen and oxygen atoms in total. The Morgan fingerprint density at radius 3 is 2.44 bits per heavy atom. The Kier molecular flexibility index (Phi) is 6.21. The fraction of sp³-hybridized carbons (Fsp3) is 0.174. The van der Waals surface area contributed by atoms with Crippen LogP contribution in [0.5, 0.6) is 11.5 Å². The molecule has 0 radical (unpaired) electrons. The number of fused-ring (bicyclic) bond motifs is 1. The van der Waals surface area contributed by atoms with E-state index in [1.807, 2.05) is 12.1 Å². The highest BCUT2D eigenvalue weighted by Gasteiger charge is 2.18. The largest absolute Gasteiger partial charge is 0.497 e. The van der Waals surface area contributed by atoms with Crippen LogP contribution in [-0.4, -0.2) is 34.9 Å². The highest BCUT2D eigenvalue weighted by Crippen LogP contribution is 2.32. The Balaban J connectivity index is 1.70. The van der Waals surface area contributed by atoms with Gasteiger partial charge in [-0.05, 0) is 42.0 Å². The molecule has 0 unspecified atom stereocenters. The number of hydrogen-bond acceptors (Lipinski definition) is 5. The van der Waals surface area contributed by atoms with E-state index in [4.69, 9.17) is 32.7 Å². The Hall–Kier alpha value is -3.29. The van der Waals surface area contributed by atoms with Gasteiger partial charge in [0.05, 0.1) is 42.1 Å². The van der Waals surface area contributed by atoms with Gasteiger partial charge < -0.3 is 14.8 Å². The molecule has 0 saturated carbocycles. The first-order chi connectivity index (χ1) is 15.4. The Bertz CT molecular complexity index is 1300. The van der Waals surface area contributed by atoms with Gasteiger partial charge in [0.25, 0.3) is 5.91 Å². The quantitative estimate of drug-likeness (QED) is 0.433. The third kappa shape index (κ3) is 4.35. The molecule has 0 aliphatic carbocycles. The summed E-state index contributed by atoms with van der Waals surface area (Å²) in [6.07, 6.45) is 1.62. The van der Waals surface area contributed by atoms with Crippen LogP contribution in [0.4, 0.5) is 0 Å². The van der Waals surface area contributed by atoms with E-state index < -0.39 is 0 Å². The maximum Gasteiger partial charge on any atom is 0.252 e. The van der Waals surface area contributed by atoms with Crippen LogP contribution in [0.15, 0.2) is 48.7 Å². The van der Waals surface area contributed by atoms with Crippen molar-refractivity contribution in [3.8, 4) is 22.8 Å². The predicted octanol–water partition coefficient (Wildman–Crippen LogP) is 4.89. The predicted molar refractivity (Wildman–Crippen MR) is 125 cm³/mol. The SMILES string of the molecule is COc1cc(CNC(=O)c2cc(-c3ccc(Cl)cc3Cl)nc3c2cnn3C)cc(OC)c1. The van der Waals surface area contributed by atoms with Gasteiger partial charge in [-0.2, -0.15) is 5.10 Å². The molecule has 9 heteroatoms. The molecule has 2 aromatic heterocycles. The molecule has 164 valence electrons. The van der Waals surface area contributed by atoms with Gasteiger partial charge >= 0.3 is 0 Å². The minimum atomic E-state index is -0.265. The molecule has 0 atom stereocenters. The van der Waals surface area contributed by atoms with Crippen LogP contribution >= 0.6 is 23.2 Å². The normalized spacial score (nSPS) is 10.9. The maximum atomic E-state index is 13.2. The van der Waals surface area contributed by atoms with E-state index in [0.29, 0.717) is 49.4 Å². The molecule has 4 rings (SSSR count). The summed E-state index contributed by atoms with van der Waals surface area (Å²) in [5.41, 5.74) is 3.08. The average Bonchev–Trinajstić information content (AvgIpc) is 3.17. The minimum absolute atomic E-state index is 0.265. The second-order valence-corrected chi connectivity index (χ2v) is 7.93. The third-order valence-corrected chi connectivity index (χ3v) is 5.57. The van der Waals surface area contributed by atoms with Crippen LogP contribution in [0.25, 0.3) is 22.3 Å². The molecule has 0 saturated heterocycles. The summed E-state index contributed by atoms with van der Waals surface area (Å²) < 4.78 is 12.2. The van der Waals surface area contributed by atoms with Gasteiger partial charge in [-0.3, -0.25) is 9.48 Å². The Morgan fingerprint density at radius 2 is 1.78 bits per heavy atom. The summed E-state index contributed by atoms with van der Waals surface area (Å²) in [6, 6.07) is 12.3. The number of amides is 1. The van der Waals surface area contributed by atoms with Crippen molar-refractivity contribution in [3.63, 3.8) is 0 Å². The number of halogens is 2. The summed E-state index contributed by atoms with van der Waals surface area (Å²) in [4.78, 5) is 17.8. The van der Waals surface area contributed by atoms with Gasteiger partial charge in [0.1, 0.15) is 11.5 Å². The number of aryl methyl sites for hydroxylation is 1. The van der Waals surface area contributed by atoms with E-state index in [1.165, 1.54) is 0 Å². The molecular formula is C23H20Cl2N4O3. The summed E-state index contributed by atoms with van der Waals surface area (Å²) in [5.74, 6) is 1.03. The van der Waals surface area contributed by atoms with Gasteiger partial charge in [0, 0.05) is 30.2 Å². The number of nitrogens with zero attached hydrogens (tertiary/aromatic N) is 3. The maximum absolute atomic E-state index is 13.2. The van der Waals surface area contributed by atoms with E-state index in [1.54, 1.807) is 62.5 Å². The van der Waals surface area contributed by atoms with Crippen molar-refractivity contribution in [1.29, 1.82) is 0 Å². The van der Waals surface area contributed by atoms with Gasteiger partial charge in [-0.15, -0.1) is 0 Å². The molecule has 0 fully saturated rings. The number of benzene rings is 2. The summed E-state index contributed by atoms with van der Waals surface area (Å²) in [7, 11) is 4.93. The minimum Gasteiger partial charge on any atom is -0.497 e. The topological polar surface area (TPSA) is 78.3 Å². The van der Waals surface area contributed by atoms with Crippen molar-refractivity contribution in [2.24, 2.45) is 7.05 Å². The van der Waals surface area contributed by atoms with Gasteiger partial charge in [0.2, 0.25) is 0 Å². The Labute approximate surface area is 194 Å². The molecule has 1 N–H and O–H groups in total. The molecule has 4 aromatic rings. The first kappa shape index (κ1) is 21.9. The van der Waals surface area contributed by atoms with E-state index >= 15 is 0 Å². The van der Waals surface area contributed by atoms with Crippen molar-refractivity contribution in [2.75, 3.05) is 14.2 Å². The third-order valence-electron chi connectivity index (χ3n) is 5.02. The van der Waals surface area contributed by atoms with Crippen molar-refractivity contribution < 1.29 is 14.3 Å². The van der Waals surface area contributed by atoms with Crippen LogP contribution in [0.3, 0.4) is 0 Å². The van der Waals surface area contributed by atoms with Crippen LogP contribution in [-0.2, 0) is 13.6 Å². The molecule has 0 aliphatic heterocycles. The van der Waals surface area contributed by atoms with Crippen LogP contribution < -0.4 is 14.8 Å². The van der Waals surface area contributed by atoms with Crippen LogP contribution in [0.2, 0.25) is 10.0 Å². The van der Waals surface area contributed by atoms with Crippen molar-refractivity contribution in [2.45, 2.75) is 6.54 Å². The zero-order valence-corrected chi connectivity index (χ0v) is 19.2.